The van der Waals surface area contributed by atoms with E-state index in [4.69, 9.17) is 4.74 Å². The predicted octanol–water partition coefficient (Wildman–Crippen LogP) is 5.45. The highest BCUT2D eigenvalue weighted by Crippen LogP contribution is 2.27. The summed E-state index contributed by atoms with van der Waals surface area (Å²) in [6.07, 6.45) is 2.91. The lowest BCUT2D eigenvalue weighted by molar-refractivity contribution is 0.140. The minimum atomic E-state index is -0.405. The first-order valence-corrected chi connectivity index (χ1v) is 9.21. The van der Waals surface area contributed by atoms with Gasteiger partial charge in [-0.1, -0.05) is 43.3 Å². The van der Waals surface area contributed by atoms with Crippen molar-refractivity contribution in [3.63, 3.8) is 0 Å². The number of hydrogen-bond acceptors (Lipinski definition) is 3. The number of imidazole rings is 1. The van der Waals surface area contributed by atoms with Crippen LogP contribution in [0.1, 0.15) is 52.0 Å². The Hall–Kier alpha value is -2.88. The molecule has 2 aromatic carbocycles. The second-order valence-electron chi connectivity index (χ2n) is 7.14. The van der Waals surface area contributed by atoms with E-state index in [-0.39, 0.29) is 12.5 Å². The molecule has 4 nitrogen and oxygen atoms in total. The molecule has 1 atom stereocenters. The Morgan fingerprint density at radius 2 is 1.85 bits per heavy atom. The molecule has 0 bridgehead atoms. The molecule has 27 heavy (non-hydrogen) atoms. The van der Waals surface area contributed by atoms with Crippen molar-refractivity contribution in [2.45, 2.75) is 47.1 Å². The van der Waals surface area contributed by atoms with Gasteiger partial charge < -0.3 is 4.74 Å². The quantitative estimate of drug-likeness (QED) is 0.619. The Bertz CT molecular complexity index is 972. The maximum Gasteiger partial charge on any atom is 0.419 e. The third kappa shape index (κ3) is 3.95. The number of benzene rings is 2. The molecule has 0 aliphatic heterocycles. The molecular weight excluding hydrogens is 336 g/mol. The van der Waals surface area contributed by atoms with Crippen LogP contribution in [0.5, 0.6) is 0 Å². The van der Waals surface area contributed by atoms with Gasteiger partial charge in [-0.05, 0) is 61.1 Å². The number of aromatic nitrogens is 2. The predicted molar refractivity (Wildman–Crippen MR) is 107 cm³/mol. The zero-order valence-electron chi connectivity index (χ0n) is 16.6. The van der Waals surface area contributed by atoms with Gasteiger partial charge in [0, 0.05) is 18.3 Å². The number of rotatable bonds is 4. The lowest BCUT2D eigenvalue weighted by Crippen LogP contribution is -2.18. The highest BCUT2D eigenvalue weighted by Gasteiger charge is 2.20. The summed E-state index contributed by atoms with van der Waals surface area (Å²) in [6, 6.07) is 12.3. The number of aryl methyl sites for hydroxylation is 3. The number of carbonyl (C=O) groups is 1. The molecule has 0 N–H and O–H groups in total. The molecular formula is C23H26N2O2. The first-order chi connectivity index (χ1) is 12.9. The lowest BCUT2D eigenvalue weighted by atomic mass is 9.93. The van der Waals surface area contributed by atoms with Crippen LogP contribution in [-0.4, -0.2) is 15.6 Å². The van der Waals surface area contributed by atoms with E-state index in [0.29, 0.717) is 5.82 Å². The maximum absolute atomic E-state index is 12.6. The molecule has 3 aromatic rings. The van der Waals surface area contributed by atoms with Gasteiger partial charge in [-0.3, -0.25) is 0 Å². The van der Waals surface area contributed by atoms with Crippen molar-refractivity contribution in [3.8, 4) is 0 Å². The van der Waals surface area contributed by atoms with Crippen LogP contribution in [-0.2, 0) is 11.3 Å². The van der Waals surface area contributed by atoms with E-state index < -0.39 is 6.09 Å². The van der Waals surface area contributed by atoms with Crippen molar-refractivity contribution in [2.75, 3.05) is 0 Å². The molecule has 0 aliphatic carbocycles. The minimum Gasteiger partial charge on any atom is -0.444 e. The van der Waals surface area contributed by atoms with Crippen LogP contribution in [0.4, 0.5) is 4.79 Å². The van der Waals surface area contributed by atoms with Gasteiger partial charge in [0.2, 0.25) is 0 Å². The molecule has 1 heterocycles. The van der Waals surface area contributed by atoms with E-state index in [1.54, 1.807) is 12.4 Å². The van der Waals surface area contributed by atoms with Crippen molar-refractivity contribution in [1.82, 2.24) is 9.55 Å². The highest BCUT2D eigenvalue weighted by molar-refractivity contribution is 5.71. The fourth-order valence-corrected chi connectivity index (χ4v) is 3.28. The van der Waals surface area contributed by atoms with Crippen LogP contribution in [0.25, 0.3) is 0 Å². The van der Waals surface area contributed by atoms with Gasteiger partial charge in [-0.2, -0.15) is 0 Å². The monoisotopic (exact) mass is 362 g/mol. The summed E-state index contributed by atoms with van der Waals surface area (Å²) in [4.78, 5) is 17.1. The average molecular weight is 362 g/mol. The van der Waals surface area contributed by atoms with E-state index >= 15 is 0 Å². The molecule has 3 rings (SSSR count). The second kappa shape index (κ2) is 7.78. The fourth-order valence-electron chi connectivity index (χ4n) is 3.28. The lowest BCUT2D eigenvalue weighted by Gasteiger charge is -2.17. The van der Waals surface area contributed by atoms with E-state index in [2.05, 4.69) is 57.8 Å². The topological polar surface area (TPSA) is 44.1 Å². The van der Waals surface area contributed by atoms with Gasteiger partial charge in [0.05, 0.1) is 0 Å². The number of hydrogen-bond donors (Lipinski definition) is 0. The molecule has 0 unspecified atom stereocenters. The summed E-state index contributed by atoms with van der Waals surface area (Å²) in [5, 5.41) is 0. The minimum absolute atomic E-state index is 0.00549. The van der Waals surface area contributed by atoms with Crippen molar-refractivity contribution >= 4 is 6.09 Å². The van der Waals surface area contributed by atoms with Crippen LogP contribution in [0.2, 0.25) is 0 Å². The van der Waals surface area contributed by atoms with Crippen LogP contribution in [0, 0.1) is 27.7 Å². The first kappa shape index (κ1) is 18.9. The van der Waals surface area contributed by atoms with E-state index in [1.165, 1.54) is 32.4 Å². The van der Waals surface area contributed by atoms with E-state index in [0.717, 1.165) is 5.56 Å². The van der Waals surface area contributed by atoms with Crippen LogP contribution in [0.15, 0.2) is 48.8 Å². The van der Waals surface area contributed by atoms with Crippen molar-refractivity contribution in [1.29, 1.82) is 0 Å². The van der Waals surface area contributed by atoms with Crippen molar-refractivity contribution < 1.29 is 9.53 Å². The van der Waals surface area contributed by atoms with Gasteiger partial charge >= 0.3 is 6.09 Å². The Balaban J connectivity index is 1.78. The van der Waals surface area contributed by atoms with E-state index in [9.17, 15) is 4.79 Å². The molecule has 0 saturated heterocycles. The Kier molecular flexibility index (Phi) is 5.45. The molecule has 0 aliphatic rings. The Morgan fingerprint density at radius 3 is 2.59 bits per heavy atom. The summed E-state index contributed by atoms with van der Waals surface area (Å²) in [6.45, 7) is 10.6. The van der Waals surface area contributed by atoms with Gasteiger partial charge in [-0.15, -0.1) is 0 Å². The number of ether oxygens (including phenoxy) is 1. The summed E-state index contributed by atoms with van der Waals surface area (Å²) < 4.78 is 7.04. The Labute approximate surface area is 160 Å². The van der Waals surface area contributed by atoms with Gasteiger partial charge in [0.15, 0.2) is 0 Å². The zero-order valence-corrected chi connectivity index (χ0v) is 16.6. The molecule has 1 aromatic heterocycles. The molecule has 140 valence electrons. The normalized spacial score (nSPS) is 12.0. The van der Waals surface area contributed by atoms with Gasteiger partial charge in [0.25, 0.3) is 0 Å². The summed E-state index contributed by atoms with van der Waals surface area (Å²) >= 11 is 0. The second-order valence-corrected chi connectivity index (χ2v) is 7.14. The standard InChI is InChI=1S/C23H26N2O2/c1-15-9-10-20(13-17(15)3)14-27-23(26)25-12-11-24-22(25)19(5)21-8-6-7-16(2)18(21)4/h6-13,19H,14H2,1-5H3/t19-/m0/s1. The van der Waals surface area contributed by atoms with Gasteiger partial charge in [0.1, 0.15) is 12.4 Å². The number of nitrogens with zero attached hydrogens (tertiary/aromatic N) is 2. The van der Waals surface area contributed by atoms with Crippen LogP contribution >= 0.6 is 0 Å². The molecule has 0 spiro atoms. The summed E-state index contributed by atoms with van der Waals surface area (Å²) in [5.74, 6) is 0.683. The first-order valence-electron chi connectivity index (χ1n) is 9.21. The van der Waals surface area contributed by atoms with Crippen LogP contribution in [0.3, 0.4) is 0 Å². The van der Waals surface area contributed by atoms with Crippen molar-refractivity contribution in [2.24, 2.45) is 0 Å². The third-order valence-electron chi connectivity index (χ3n) is 5.30. The summed E-state index contributed by atoms with van der Waals surface area (Å²) in [7, 11) is 0. The fraction of sp³-hybridized carbons (Fsp3) is 0.304. The van der Waals surface area contributed by atoms with Gasteiger partial charge in [-0.25, -0.2) is 14.3 Å². The van der Waals surface area contributed by atoms with Crippen molar-refractivity contribution in [3.05, 3.63) is 88.0 Å². The number of carbonyl (C=O) groups excluding carboxylic acids is 1. The largest absolute Gasteiger partial charge is 0.444 e. The Morgan fingerprint density at radius 1 is 1.07 bits per heavy atom. The third-order valence-corrected chi connectivity index (χ3v) is 5.30. The average Bonchev–Trinajstić information content (AvgIpc) is 3.14. The molecule has 0 saturated carbocycles. The molecule has 4 heteroatoms. The maximum atomic E-state index is 12.6. The SMILES string of the molecule is Cc1ccc(COC(=O)n2ccnc2[C@@H](C)c2cccc(C)c2C)cc1C. The van der Waals surface area contributed by atoms with Crippen LogP contribution < -0.4 is 0 Å². The zero-order chi connectivity index (χ0) is 19.6. The highest BCUT2D eigenvalue weighted by atomic mass is 16.5. The molecule has 0 fully saturated rings. The molecule has 0 radical (unpaired) electrons. The smallest absolute Gasteiger partial charge is 0.419 e. The van der Waals surface area contributed by atoms with E-state index in [1.807, 2.05) is 18.2 Å². The molecule has 0 amide bonds. The summed E-state index contributed by atoms with van der Waals surface area (Å²) in [5.41, 5.74) is 7.03.